The normalized spacial score (nSPS) is 27.4. The van der Waals surface area contributed by atoms with E-state index in [1.165, 1.54) is 19.3 Å². The summed E-state index contributed by atoms with van der Waals surface area (Å²) in [5, 5.41) is 10.1. The average molecular weight is 475 g/mol. The van der Waals surface area contributed by atoms with E-state index < -0.39 is 17.9 Å². The van der Waals surface area contributed by atoms with Crippen molar-refractivity contribution in [3.8, 4) is 11.1 Å². The molecule has 2 aromatic rings. The van der Waals surface area contributed by atoms with Crippen LogP contribution < -0.4 is 5.73 Å². The molecule has 4 aliphatic rings. The molecule has 2 aromatic carbocycles. The van der Waals surface area contributed by atoms with Crippen LogP contribution in [0, 0.1) is 23.2 Å². The van der Waals surface area contributed by atoms with Gasteiger partial charge in [0, 0.05) is 18.5 Å². The number of carbonyl (C=O) groups excluding carboxylic acids is 2. The lowest BCUT2D eigenvalue weighted by atomic mass is 9.49. The highest BCUT2D eigenvalue weighted by molar-refractivity contribution is 5.97. The molecule has 4 fully saturated rings. The topological polar surface area (TPSA) is 101 Å². The molecule has 0 heterocycles. The second kappa shape index (κ2) is 9.48. The number of rotatable bonds is 9. The van der Waals surface area contributed by atoms with Crippen LogP contribution in [0.4, 0.5) is 0 Å². The number of primary amides is 1. The molecule has 1 atom stereocenters. The van der Waals surface area contributed by atoms with E-state index in [1.54, 1.807) is 17.0 Å². The summed E-state index contributed by atoms with van der Waals surface area (Å²) >= 11 is 0. The van der Waals surface area contributed by atoms with Crippen molar-refractivity contribution in [1.82, 2.24) is 4.90 Å². The molecular weight excluding hydrogens is 440 g/mol. The van der Waals surface area contributed by atoms with Crippen molar-refractivity contribution in [2.45, 2.75) is 57.4 Å². The molecule has 6 nitrogen and oxygen atoms in total. The lowest BCUT2D eigenvalue weighted by Crippen LogP contribution is -2.55. The maximum Gasteiger partial charge on any atom is 0.326 e. The summed E-state index contributed by atoms with van der Waals surface area (Å²) in [5.74, 6) is 0.167. The summed E-state index contributed by atoms with van der Waals surface area (Å²) < 4.78 is 0. The van der Waals surface area contributed by atoms with E-state index in [2.05, 4.69) is 0 Å². The van der Waals surface area contributed by atoms with E-state index in [4.69, 9.17) is 5.73 Å². The molecule has 35 heavy (non-hydrogen) atoms. The van der Waals surface area contributed by atoms with Gasteiger partial charge in [0.15, 0.2) is 0 Å². The molecule has 0 spiro atoms. The SMILES string of the molecule is NC(=O)CC[C@@H](C(=O)O)N(CC12CC3CC(CC(C3)C1)C2)C(=O)c1ccc(-c2ccccc2)cc1. The van der Waals surface area contributed by atoms with Crippen LogP contribution in [0.5, 0.6) is 0 Å². The van der Waals surface area contributed by atoms with Crippen molar-refractivity contribution >= 4 is 17.8 Å². The number of hydrogen-bond donors (Lipinski definition) is 2. The molecule has 0 aromatic heterocycles. The Hall–Kier alpha value is -3.15. The fourth-order valence-electron chi connectivity index (χ4n) is 7.46. The van der Waals surface area contributed by atoms with Gasteiger partial charge in [0.05, 0.1) is 0 Å². The third-order valence-electron chi connectivity index (χ3n) is 8.50. The Labute approximate surface area is 206 Å². The van der Waals surface area contributed by atoms with E-state index in [9.17, 15) is 19.5 Å². The van der Waals surface area contributed by atoms with Gasteiger partial charge in [0.1, 0.15) is 6.04 Å². The summed E-state index contributed by atoms with van der Waals surface area (Å²) in [6, 6.07) is 16.2. The van der Waals surface area contributed by atoms with Gasteiger partial charge in [-0.15, -0.1) is 0 Å². The van der Waals surface area contributed by atoms with Gasteiger partial charge in [-0.2, -0.15) is 0 Å². The quantitative estimate of drug-likeness (QED) is 0.549. The summed E-state index contributed by atoms with van der Waals surface area (Å²) in [4.78, 5) is 39.3. The standard InChI is InChI=1S/C29H34N2O4/c30-26(32)11-10-25(28(34)35)31(18-29-15-19-12-20(16-29)14-21(13-19)17-29)27(33)24-8-6-23(7-9-24)22-4-2-1-3-5-22/h1-9,19-21,25H,10-18H2,(H2,30,32)(H,34,35)/t19?,20?,21?,25-,29?/m0/s1. The van der Waals surface area contributed by atoms with E-state index in [0.29, 0.717) is 29.9 Å². The average Bonchev–Trinajstić information content (AvgIpc) is 2.82. The minimum atomic E-state index is -1.08. The molecule has 2 amide bonds. The van der Waals surface area contributed by atoms with Crippen molar-refractivity contribution in [3.05, 3.63) is 60.2 Å². The van der Waals surface area contributed by atoms with Crippen LogP contribution in [0.15, 0.2) is 54.6 Å². The minimum absolute atomic E-state index is 0.0190. The summed E-state index contributed by atoms with van der Waals surface area (Å²) in [7, 11) is 0. The molecule has 6 heteroatoms. The van der Waals surface area contributed by atoms with Gasteiger partial charge in [-0.05, 0) is 91.4 Å². The smallest absolute Gasteiger partial charge is 0.326 e. The van der Waals surface area contributed by atoms with Gasteiger partial charge in [-0.3, -0.25) is 9.59 Å². The first kappa shape index (κ1) is 23.6. The number of carboxylic acid groups (broad SMARTS) is 1. The monoisotopic (exact) mass is 474 g/mol. The van der Waals surface area contributed by atoms with Crippen LogP contribution in [0.2, 0.25) is 0 Å². The molecule has 4 aliphatic carbocycles. The zero-order valence-electron chi connectivity index (χ0n) is 20.1. The number of hydrogen-bond acceptors (Lipinski definition) is 3. The Kier molecular flexibility index (Phi) is 6.39. The second-order valence-corrected chi connectivity index (χ2v) is 11.2. The number of nitrogens with two attached hydrogens (primary N) is 1. The predicted molar refractivity (Wildman–Crippen MR) is 133 cm³/mol. The molecule has 0 radical (unpaired) electrons. The second-order valence-electron chi connectivity index (χ2n) is 11.2. The van der Waals surface area contributed by atoms with Crippen molar-refractivity contribution in [3.63, 3.8) is 0 Å². The maximum absolute atomic E-state index is 13.9. The largest absolute Gasteiger partial charge is 0.480 e. The number of benzene rings is 2. The predicted octanol–water partition coefficient (Wildman–Crippen LogP) is 4.73. The van der Waals surface area contributed by atoms with Crippen LogP contribution in [-0.2, 0) is 9.59 Å². The lowest BCUT2D eigenvalue weighted by Gasteiger charge is -2.58. The molecule has 6 rings (SSSR count). The summed E-state index contributed by atoms with van der Waals surface area (Å²) in [6.07, 6.45) is 7.00. The third-order valence-corrected chi connectivity index (χ3v) is 8.50. The van der Waals surface area contributed by atoms with Gasteiger partial charge in [0.25, 0.3) is 5.91 Å². The zero-order valence-corrected chi connectivity index (χ0v) is 20.1. The Morgan fingerprint density at radius 1 is 0.886 bits per heavy atom. The number of amides is 2. The van der Waals surface area contributed by atoms with Crippen LogP contribution >= 0.6 is 0 Å². The van der Waals surface area contributed by atoms with Crippen LogP contribution in [0.1, 0.15) is 61.7 Å². The summed E-state index contributed by atoms with van der Waals surface area (Å²) in [6.45, 7) is 0.436. The Bertz CT molecular complexity index is 1060. The van der Waals surface area contributed by atoms with Gasteiger partial charge in [0.2, 0.25) is 5.91 Å². The van der Waals surface area contributed by atoms with Crippen LogP contribution in [-0.4, -0.2) is 40.4 Å². The fraction of sp³-hybridized carbons (Fsp3) is 0.483. The third kappa shape index (κ3) is 4.97. The molecule has 0 unspecified atom stereocenters. The van der Waals surface area contributed by atoms with E-state index in [1.807, 2.05) is 42.5 Å². The Balaban J connectivity index is 1.44. The van der Waals surface area contributed by atoms with Crippen molar-refractivity contribution < 1.29 is 19.5 Å². The van der Waals surface area contributed by atoms with Crippen molar-refractivity contribution in [2.24, 2.45) is 28.9 Å². The number of carbonyl (C=O) groups is 3. The zero-order chi connectivity index (χ0) is 24.6. The number of aliphatic carboxylic acids is 1. The summed E-state index contributed by atoms with van der Waals surface area (Å²) in [5.41, 5.74) is 7.86. The van der Waals surface area contributed by atoms with Crippen LogP contribution in [0.25, 0.3) is 11.1 Å². The van der Waals surface area contributed by atoms with E-state index >= 15 is 0 Å². The van der Waals surface area contributed by atoms with Gasteiger partial charge >= 0.3 is 5.97 Å². The van der Waals surface area contributed by atoms with Crippen LogP contribution in [0.3, 0.4) is 0 Å². The lowest BCUT2D eigenvalue weighted by molar-refractivity contribution is -0.144. The fourth-order valence-corrected chi connectivity index (χ4v) is 7.46. The van der Waals surface area contributed by atoms with Gasteiger partial charge in [-0.1, -0.05) is 42.5 Å². The van der Waals surface area contributed by atoms with Crippen molar-refractivity contribution in [1.29, 1.82) is 0 Å². The van der Waals surface area contributed by atoms with Gasteiger partial charge < -0.3 is 15.7 Å². The van der Waals surface area contributed by atoms with E-state index in [0.717, 1.165) is 30.4 Å². The highest BCUT2D eigenvalue weighted by atomic mass is 16.4. The van der Waals surface area contributed by atoms with Crippen molar-refractivity contribution in [2.75, 3.05) is 6.54 Å². The molecule has 184 valence electrons. The van der Waals surface area contributed by atoms with Gasteiger partial charge in [-0.25, -0.2) is 4.79 Å². The first-order valence-electron chi connectivity index (χ1n) is 12.8. The Morgan fingerprint density at radius 3 is 1.94 bits per heavy atom. The first-order chi connectivity index (χ1) is 16.8. The highest BCUT2D eigenvalue weighted by Gasteiger charge is 2.52. The number of carboxylic acids is 1. The molecule has 0 saturated heterocycles. The Morgan fingerprint density at radius 2 is 1.43 bits per heavy atom. The van der Waals surface area contributed by atoms with E-state index in [-0.39, 0.29) is 24.2 Å². The highest BCUT2D eigenvalue weighted by Crippen LogP contribution is 2.60. The first-order valence-corrected chi connectivity index (χ1v) is 12.8. The number of nitrogens with zero attached hydrogens (tertiary/aromatic N) is 1. The molecular formula is C29H34N2O4. The molecule has 0 aliphatic heterocycles. The molecule has 4 saturated carbocycles. The minimum Gasteiger partial charge on any atom is -0.480 e. The molecule has 4 bridgehead atoms. The molecule has 3 N–H and O–H groups in total. The maximum atomic E-state index is 13.9.